The molecule has 0 aliphatic heterocycles. The topological polar surface area (TPSA) is 64.6 Å². The van der Waals surface area contributed by atoms with Gasteiger partial charge in [0.05, 0.1) is 6.61 Å². The van der Waals surface area contributed by atoms with E-state index < -0.39 is 12.0 Å². The molecule has 0 saturated carbocycles. The van der Waals surface area contributed by atoms with Gasteiger partial charge in [-0.05, 0) is 19.1 Å². The van der Waals surface area contributed by atoms with Gasteiger partial charge in [-0.1, -0.05) is 18.2 Å². The highest BCUT2D eigenvalue weighted by molar-refractivity contribution is 5.80. The monoisotopic (exact) mass is 237 g/mol. The number of benzene rings is 1. The number of ether oxygens (including phenoxy) is 2. The molecular weight excluding hydrogens is 222 g/mol. The minimum Gasteiger partial charge on any atom is -0.425 e. The van der Waals surface area contributed by atoms with E-state index in [4.69, 9.17) is 9.47 Å². The standard InChI is InChI=1S/C12H15NO4/c1-2-16-8-11(13-9-14)12(15)17-10-6-4-3-5-7-10/h3-7,9,11H,2,8H2,1H3,(H,13,14)/t11-/m0/s1. The van der Waals surface area contributed by atoms with Crippen LogP contribution in [0, 0.1) is 0 Å². The second-order valence-corrected chi connectivity index (χ2v) is 3.23. The summed E-state index contributed by atoms with van der Waals surface area (Å²) in [5, 5.41) is 2.36. The first kappa shape index (κ1) is 13.2. The highest BCUT2D eigenvalue weighted by Crippen LogP contribution is 2.09. The fraction of sp³-hybridized carbons (Fsp3) is 0.333. The lowest BCUT2D eigenvalue weighted by atomic mass is 10.3. The van der Waals surface area contributed by atoms with Crippen molar-refractivity contribution < 1.29 is 19.1 Å². The average Bonchev–Trinajstić information content (AvgIpc) is 2.35. The van der Waals surface area contributed by atoms with Gasteiger partial charge < -0.3 is 14.8 Å². The Morgan fingerprint density at radius 3 is 2.71 bits per heavy atom. The molecule has 1 atom stereocenters. The number of nitrogens with one attached hydrogen (secondary N) is 1. The largest absolute Gasteiger partial charge is 0.425 e. The van der Waals surface area contributed by atoms with Crippen molar-refractivity contribution in [2.45, 2.75) is 13.0 Å². The van der Waals surface area contributed by atoms with Gasteiger partial charge in [0.2, 0.25) is 6.41 Å². The molecule has 0 saturated heterocycles. The summed E-state index contributed by atoms with van der Waals surface area (Å²) in [7, 11) is 0. The maximum Gasteiger partial charge on any atom is 0.336 e. The van der Waals surface area contributed by atoms with E-state index in [0.29, 0.717) is 18.8 Å². The van der Waals surface area contributed by atoms with Crippen LogP contribution in [0.2, 0.25) is 0 Å². The van der Waals surface area contributed by atoms with E-state index in [0.717, 1.165) is 0 Å². The van der Waals surface area contributed by atoms with Crippen LogP contribution in [-0.2, 0) is 14.3 Å². The normalized spacial score (nSPS) is 11.6. The van der Waals surface area contributed by atoms with Crippen LogP contribution < -0.4 is 10.1 Å². The van der Waals surface area contributed by atoms with Crippen molar-refractivity contribution in [1.29, 1.82) is 0 Å². The lowest BCUT2D eigenvalue weighted by Crippen LogP contribution is -2.42. The van der Waals surface area contributed by atoms with Crippen LogP contribution in [0.1, 0.15) is 6.92 Å². The Morgan fingerprint density at radius 1 is 1.41 bits per heavy atom. The van der Waals surface area contributed by atoms with Gasteiger partial charge in [-0.2, -0.15) is 0 Å². The molecule has 1 rings (SSSR count). The quantitative estimate of drug-likeness (QED) is 0.431. The molecule has 0 bridgehead atoms. The summed E-state index contributed by atoms with van der Waals surface area (Å²) in [5.41, 5.74) is 0. The molecule has 5 heteroatoms. The average molecular weight is 237 g/mol. The number of hydrogen-bond acceptors (Lipinski definition) is 4. The Labute approximate surface area is 99.7 Å². The summed E-state index contributed by atoms with van der Waals surface area (Å²) in [6, 6.07) is 7.87. The van der Waals surface area contributed by atoms with Gasteiger partial charge in [-0.15, -0.1) is 0 Å². The van der Waals surface area contributed by atoms with Crippen molar-refractivity contribution in [1.82, 2.24) is 5.32 Å². The van der Waals surface area contributed by atoms with E-state index in [1.807, 2.05) is 6.07 Å². The molecule has 0 heterocycles. The van der Waals surface area contributed by atoms with Crippen LogP contribution in [0.3, 0.4) is 0 Å². The second kappa shape index (κ2) is 7.40. The summed E-state index contributed by atoms with van der Waals surface area (Å²) < 4.78 is 10.2. The third-order valence-electron chi connectivity index (χ3n) is 2.00. The van der Waals surface area contributed by atoms with E-state index in [1.54, 1.807) is 31.2 Å². The van der Waals surface area contributed by atoms with Gasteiger partial charge in [0, 0.05) is 6.61 Å². The van der Waals surface area contributed by atoms with Gasteiger partial charge in [-0.3, -0.25) is 4.79 Å². The Bertz CT molecular complexity index is 353. The predicted octanol–water partition coefficient (Wildman–Crippen LogP) is 0.743. The predicted molar refractivity (Wildman–Crippen MR) is 61.6 cm³/mol. The summed E-state index contributed by atoms with van der Waals surface area (Å²) >= 11 is 0. The van der Waals surface area contributed by atoms with E-state index in [2.05, 4.69) is 5.32 Å². The molecule has 5 nitrogen and oxygen atoms in total. The fourth-order valence-electron chi connectivity index (χ4n) is 1.18. The molecule has 0 fully saturated rings. The van der Waals surface area contributed by atoms with Crippen molar-refractivity contribution in [3.63, 3.8) is 0 Å². The van der Waals surface area contributed by atoms with Gasteiger partial charge in [0.25, 0.3) is 0 Å². The van der Waals surface area contributed by atoms with Crippen LogP contribution in [-0.4, -0.2) is 31.6 Å². The van der Waals surface area contributed by atoms with Crippen molar-refractivity contribution in [2.24, 2.45) is 0 Å². The van der Waals surface area contributed by atoms with Crippen LogP contribution in [0.25, 0.3) is 0 Å². The van der Waals surface area contributed by atoms with Crippen LogP contribution >= 0.6 is 0 Å². The molecular formula is C12H15NO4. The van der Waals surface area contributed by atoms with Crippen molar-refractivity contribution in [3.05, 3.63) is 30.3 Å². The SMILES string of the molecule is CCOC[C@H](NC=O)C(=O)Oc1ccccc1. The first-order valence-electron chi connectivity index (χ1n) is 5.32. The molecule has 0 aliphatic rings. The van der Waals surface area contributed by atoms with Crippen LogP contribution in [0.5, 0.6) is 5.75 Å². The Balaban J connectivity index is 2.55. The van der Waals surface area contributed by atoms with Crippen molar-refractivity contribution >= 4 is 12.4 Å². The third kappa shape index (κ3) is 4.65. The second-order valence-electron chi connectivity index (χ2n) is 3.23. The Morgan fingerprint density at radius 2 is 2.12 bits per heavy atom. The van der Waals surface area contributed by atoms with E-state index in [1.165, 1.54) is 0 Å². The van der Waals surface area contributed by atoms with Crippen molar-refractivity contribution in [2.75, 3.05) is 13.2 Å². The van der Waals surface area contributed by atoms with E-state index >= 15 is 0 Å². The molecule has 1 aromatic rings. The minimum absolute atomic E-state index is 0.0981. The smallest absolute Gasteiger partial charge is 0.336 e. The third-order valence-corrected chi connectivity index (χ3v) is 2.00. The molecule has 0 unspecified atom stereocenters. The summed E-state index contributed by atoms with van der Waals surface area (Å²) in [5.74, 6) is -0.108. The Hall–Kier alpha value is -1.88. The minimum atomic E-state index is -0.785. The Kier molecular flexibility index (Phi) is 5.74. The molecule has 0 radical (unpaired) electrons. The van der Waals surface area contributed by atoms with Gasteiger partial charge in [0.15, 0.2) is 6.04 Å². The number of hydrogen-bond donors (Lipinski definition) is 1. The van der Waals surface area contributed by atoms with Gasteiger partial charge in [-0.25, -0.2) is 4.79 Å². The van der Waals surface area contributed by atoms with Gasteiger partial charge in [0.1, 0.15) is 5.75 Å². The molecule has 0 spiro atoms. The van der Waals surface area contributed by atoms with E-state index in [-0.39, 0.29) is 6.61 Å². The highest BCUT2D eigenvalue weighted by atomic mass is 16.5. The lowest BCUT2D eigenvalue weighted by Gasteiger charge is -2.14. The van der Waals surface area contributed by atoms with Crippen LogP contribution in [0.15, 0.2) is 30.3 Å². The zero-order chi connectivity index (χ0) is 12.5. The number of esters is 1. The fourth-order valence-corrected chi connectivity index (χ4v) is 1.18. The van der Waals surface area contributed by atoms with E-state index in [9.17, 15) is 9.59 Å². The maximum absolute atomic E-state index is 11.7. The number of carbonyl (C=O) groups excluding carboxylic acids is 2. The zero-order valence-electron chi connectivity index (χ0n) is 9.59. The van der Waals surface area contributed by atoms with Crippen molar-refractivity contribution in [3.8, 4) is 5.75 Å². The van der Waals surface area contributed by atoms with Crippen LogP contribution in [0.4, 0.5) is 0 Å². The lowest BCUT2D eigenvalue weighted by molar-refractivity contribution is -0.139. The van der Waals surface area contributed by atoms with Gasteiger partial charge >= 0.3 is 5.97 Å². The first-order valence-corrected chi connectivity index (χ1v) is 5.32. The molecule has 1 N–H and O–H groups in total. The molecule has 1 amide bonds. The summed E-state index contributed by atoms with van der Waals surface area (Å²) in [6.07, 6.45) is 0.454. The summed E-state index contributed by atoms with van der Waals surface area (Å²) in [4.78, 5) is 22.0. The molecule has 0 aromatic heterocycles. The highest BCUT2D eigenvalue weighted by Gasteiger charge is 2.19. The molecule has 92 valence electrons. The molecule has 17 heavy (non-hydrogen) atoms. The first-order chi connectivity index (χ1) is 8.27. The molecule has 0 aliphatic carbocycles. The number of rotatable bonds is 7. The zero-order valence-corrected chi connectivity index (χ0v) is 9.59. The number of carbonyl (C=O) groups is 2. The molecule has 1 aromatic carbocycles. The summed E-state index contributed by atoms with van der Waals surface area (Å²) in [6.45, 7) is 2.37. The number of para-hydroxylation sites is 1. The maximum atomic E-state index is 11.7. The number of amides is 1.